The molecule has 13 heavy (non-hydrogen) atoms. The normalized spacial score (nSPS) is 28.9. The van der Waals surface area contributed by atoms with Gasteiger partial charge in [0.05, 0.1) is 12.4 Å². The largest absolute Gasteiger partial charge is 0.393 e. The summed E-state index contributed by atoms with van der Waals surface area (Å²) in [4.78, 5) is 0. The van der Waals surface area contributed by atoms with Crippen molar-refractivity contribution in [1.82, 2.24) is 0 Å². The topological polar surface area (TPSA) is 74.6 Å². The lowest BCUT2D eigenvalue weighted by Gasteiger charge is -2.21. The number of aliphatic hydroxyl groups excluding tert-OH is 1. The van der Waals surface area contributed by atoms with Crippen LogP contribution in [0.2, 0.25) is 0 Å². The van der Waals surface area contributed by atoms with E-state index in [4.69, 9.17) is 9.66 Å². The van der Waals surface area contributed by atoms with E-state index in [0.29, 0.717) is 6.26 Å². The van der Waals surface area contributed by atoms with Crippen molar-refractivity contribution in [2.45, 2.75) is 38.7 Å². The smallest absolute Gasteiger partial charge is 0.261 e. The van der Waals surface area contributed by atoms with Gasteiger partial charge in [-0.1, -0.05) is 6.92 Å². The van der Waals surface area contributed by atoms with Crippen LogP contribution in [0.25, 0.3) is 0 Å². The second kappa shape index (κ2) is 5.57. The van der Waals surface area contributed by atoms with Crippen LogP contribution in [0, 0.1) is 5.92 Å². The van der Waals surface area contributed by atoms with Crippen LogP contribution in [0.5, 0.6) is 0 Å². The van der Waals surface area contributed by atoms with Gasteiger partial charge in [-0.2, -0.15) is 8.42 Å². The van der Waals surface area contributed by atoms with Gasteiger partial charge in [0.15, 0.2) is 0 Å². The van der Waals surface area contributed by atoms with Gasteiger partial charge in [-0.3, -0.25) is 4.55 Å². The highest BCUT2D eigenvalue weighted by Crippen LogP contribution is 2.22. The van der Waals surface area contributed by atoms with E-state index < -0.39 is 10.1 Å². The predicted molar refractivity (Wildman–Crippen MR) is 51.1 cm³/mol. The molecular formula is C8H18O4S. The molecule has 0 amide bonds. The average Bonchev–Trinajstić information content (AvgIpc) is 1.92. The Morgan fingerprint density at radius 2 is 1.46 bits per heavy atom. The molecule has 0 spiro atoms. The van der Waals surface area contributed by atoms with Gasteiger partial charge in [-0.05, 0) is 31.6 Å². The third kappa shape index (κ3) is 11.9. The van der Waals surface area contributed by atoms with E-state index in [1.165, 1.54) is 12.8 Å². The minimum absolute atomic E-state index is 0.0196. The molecule has 0 saturated heterocycles. The van der Waals surface area contributed by atoms with E-state index in [2.05, 4.69) is 6.92 Å². The van der Waals surface area contributed by atoms with Crippen LogP contribution in [0.1, 0.15) is 32.6 Å². The van der Waals surface area contributed by atoms with E-state index in [9.17, 15) is 8.42 Å². The van der Waals surface area contributed by atoms with Crippen molar-refractivity contribution in [2.75, 3.05) is 6.26 Å². The maximum atomic E-state index is 9.19. The maximum absolute atomic E-state index is 9.19. The second-order valence-corrected chi connectivity index (χ2v) is 5.11. The van der Waals surface area contributed by atoms with Crippen LogP contribution in [0.3, 0.4) is 0 Å². The molecule has 0 aromatic carbocycles. The van der Waals surface area contributed by atoms with Gasteiger partial charge in [0.2, 0.25) is 0 Å². The Bertz CT molecular complexity index is 196. The summed E-state index contributed by atoms with van der Waals surface area (Å²) in [5.41, 5.74) is 0. The van der Waals surface area contributed by atoms with E-state index in [-0.39, 0.29) is 6.10 Å². The molecular weight excluding hydrogens is 192 g/mol. The van der Waals surface area contributed by atoms with Crippen LogP contribution in [0.15, 0.2) is 0 Å². The van der Waals surface area contributed by atoms with Crippen molar-refractivity contribution in [1.29, 1.82) is 0 Å². The molecule has 80 valence electrons. The standard InChI is InChI=1S/C7H14O.CH4O3S/c1-6-2-4-7(8)5-3-6;1-5(2,3)4/h6-8H,2-5H2,1H3;1H3,(H,2,3,4). The quantitative estimate of drug-likeness (QED) is 0.586. The van der Waals surface area contributed by atoms with Gasteiger partial charge in [-0.15, -0.1) is 0 Å². The molecule has 0 aromatic heterocycles. The number of hydrogen-bond acceptors (Lipinski definition) is 3. The molecule has 0 aliphatic heterocycles. The number of rotatable bonds is 0. The molecule has 0 heterocycles. The van der Waals surface area contributed by atoms with Gasteiger partial charge in [0.1, 0.15) is 0 Å². The van der Waals surface area contributed by atoms with Crippen molar-refractivity contribution in [2.24, 2.45) is 5.92 Å². The lowest BCUT2D eigenvalue weighted by molar-refractivity contribution is 0.112. The molecule has 4 nitrogen and oxygen atoms in total. The Hall–Kier alpha value is -0.130. The molecule has 2 N–H and O–H groups in total. The summed E-state index contributed by atoms with van der Waals surface area (Å²) in [5, 5.41) is 9.03. The molecule has 1 aliphatic rings. The first kappa shape index (κ1) is 12.9. The lowest BCUT2D eigenvalue weighted by Crippen LogP contribution is -2.15. The molecule has 1 fully saturated rings. The Labute approximate surface area is 79.7 Å². The van der Waals surface area contributed by atoms with E-state index in [1.54, 1.807) is 0 Å². The number of hydrogen-bond donors (Lipinski definition) is 2. The molecule has 1 rings (SSSR count). The highest BCUT2D eigenvalue weighted by molar-refractivity contribution is 7.85. The fraction of sp³-hybridized carbons (Fsp3) is 1.00. The zero-order chi connectivity index (χ0) is 10.5. The van der Waals surface area contributed by atoms with Gasteiger partial charge in [-0.25, -0.2) is 0 Å². The molecule has 0 aromatic rings. The highest BCUT2D eigenvalue weighted by Gasteiger charge is 2.14. The second-order valence-electron chi connectivity index (χ2n) is 3.65. The minimum atomic E-state index is -3.67. The summed E-state index contributed by atoms with van der Waals surface area (Å²) >= 11 is 0. The molecule has 0 atom stereocenters. The van der Waals surface area contributed by atoms with Crippen LogP contribution in [0.4, 0.5) is 0 Å². The van der Waals surface area contributed by atoms with Gasteiger partial charge in [0.25, 0.3) is 10.1 Å². The van der Waals surface area contributed by atoms with Crippen LogP contribution in [-0.4, -0.2) is 30.4 Å². The fourth-order valence-corrected chi connectivity index (χ4v) is 1.24. The van der Waals surface area contributed by atoms with E-state index in [1.807, 2.05) is 0 Å². The van der Waals surface area contributed by atoms with E-state index in [0.717, 1.165) is 18.8 Å². The SMILES string of the molecule is CC1CCC(O)CC1.CS(=O)(=O)O. The predicted octanol–water partition coefficient (Wildman–Crippen LogP) is 1.06. The average molecular weight is 210 g/mol. The van der Waals surface area contributed by atoms with Crippen molar-refractivity contribution >= 4 is 10.1 Å². The summed E-state index contributed by atoms with van der Waals surface area (Å²) < 4.78 is 25.9. The van der Waals surface area contributed by atoms with Crippen LogP contribution >= 0.6 is 0 Å². The highest BCUT2D eigenvalue weighted by atomic mass is 32.2. The van der Waals surface area contributed by atoms with Gasteiger partial charge < -0.3 is 5.11 Å². The molecule has 0 radical (unpaired) electrons. The lowest BCUT2D eigenvalue weighted by atomic mass is 9.89. The van der Waals surface area contributed by atoms with Gasteiger partial charge in [0, 0.05) is 0 Å². The molecule has 0 bridgehead atoms. The summed E-state index contributed by atoms with van der Waals surface area (Å²) in [6, 6.07) is 0. The number of aliphatic hydroxyl groups is 1. The zero-order valence-electron chi connectivity index (χ0n) is 8.10. The summed E-state index contributed by atoms with van der Waals surface area (Å²) in [7, 11) is -3.67. The molecule has 1 aliphatic carbocycles. The Morgan fingerprint density at radius 3 is 1.69 bits per heavy atom. The van der Waals surface area contributed by atoms with Crippen molar-refractivity contribution in [3.8, 4) is 0 Å². The third-order valence-electron chi connectivity index (χ3n) is 1.99. The molecule has 5 heteroatoms. The Kier molecular flexibility index (Phi) is 5.51. The summed E-state index contributed by atoms with van der Waals surface area (Å²) in [6.07, 6.45) is 5.24. The maximum Gasteiger partial charge on any atom is 0.261 e. The Balaban J connectivity index is 0.000000252. The van der Waals surface area contributed by atoms with Crippen molar-refractivity contribution in [3.05, 3.63) is 0 Å². The molecule has 1 saturated carbocycles. The Morgan fingerprint density at radius 1 is 1.15 bits per heavy atom. The van der Waals surface area contributed by atoms with Crippen molar-refractivity contribution in [3.63, 3.8) is 0 Å². The monoisotopic (exact) mass is 210 g/mol. The van der Waals surface area contributed by atoms with E-state index >= 15 is 0 Å². The molecule has 0 unspecified atom stereocenters. The van der Waals surface area contributed by atoms with Crippen molar-refractivity contribution < 1.29 is 18.1 Å². The van der Waals surface area contributed by atoms with Crippen LogP contribution < -0.4 is 0 Å². The first-order valence-corrected chi connectivity index (χ1v) is 6.24. The minimum Gasteiger partial charge on any atom is -0.393 e. The zero-order valence-corrected chi connectivity index (χ0v) is 8.92. The van der Waals surface area contributed by atoms with Gasteiger partial charge >= 0.3 is 0 Å². The van der Waals surface area contributed by atoms with Crippen LogP contribution in [-0.2, 0) is 10.1 Å². The first-order valence-electron chi connectivity index (χ1n) is 4.39. The summed E-state index contributed by atoms with van der Waals surface area (Å²) in [5.74, 6) is 0.860. The third-order valence-corrected chi connectivity index (χ3v) is 1.99. The first-order chi connectivity index (χ1) is 5.79. The fourth-order valence-electron chi connectivity index (χ4n) is 1.24. The summed E-state index contributed by atoms with van der Waals surface area (Å²) in [6.45, 7) is 2.26.